The highest BCUT2D eigenvalue weighted by molar-refractivity contribution is 9.10. The summed E-state index contributed by atoms with van der Waals surface area (Å²) >= 11 is 3.54. The van der Waals surface area contributed by atoms with E-state index in [0.717, 1.165) is 29.1 Å². The molecule has 1 saturated heterocycles. The van der Waals surface area contributed by atoms with Gasteiger partial charge in [-0.15, -0.1) is 0 Å². The van der Waals surface area contributed by atoms with Crippen molar-refractivity contribution in [3.05, 3.63) is 52.6 Å². The number of aromatic nitrogens is 1. The molecule has 0 atom stereocenters. The van der Waals surface area contributed by atoms with Crippen LogP contribution in [-0.4, -0.2) is 42.1 Å². The number of nitrogens with zero attached hydrogens (tertiary/aromatic N) is 3. The number of piperazine rings is 1. The smallest absolute Gasteiger partial charge is 0.321 e. The maximum Gasteiger partial charge on any atom is 0.321 e. The number of pyridine rings is 1. The fraction of sp³-hybridized carbons (Fsp3) is 0.400. The van der Waals surface area contributed by atoms with E-state index in [1.165, 1.54) is 5.56 Å². The molecule has 1 aromatic carbocycles. The van der Waals surface area contributed by atoms with Crippen molar-refractivity contribution in [2.75, 3.05) is 36.4 Å². The maximum atomic E-state index is 12.5. The van der Waals surface area contributed by atoms with Crippen LogP contribution in [0.2, 0.25) is 0 Å². The molecule has 26 heavy (non-hydrogen) atoms. The minimum Gasteiger partial charge on any atom is -0.352 e. The van der Waals surface area contributed by atoms with Crippen molar-refractivity contribution in [3.63, 3.8) is 0 Å². The largest absolute Gasteiger partial charge is 0.352 e. The van der Waals surface area contributed by atoms with Gasteiger partial charge >= 0.3 is 6.03 Å². The molecule has 0 spiro atoms. The predicted molar refractivity (Wildman–Crippen MR) is 110 cm³/mol. The van der Waals surface area contributed by atoms with Gasteiger partial charge in [0.05, 0.1) is 4.47 Å². The van der Waals surface area contributed by atoms with E-state index in [2.05, 4.69) is 64.0 Å². The number of rotatable bonds is 2. The third-order valence-electron chi connectivity index (χ3n) is 4.61. The average Bonchev–Trinajstić information content (AvgIpc) is 2.62. The predicted octanol–water partition coefficient (Wildman–Crippen LogP) is 4.50. The Bertz CT molecular complexity index is 762. The van der Waals surface area contributed by atoms with Gasteiger partial charge < -0.3 is 15.1 Å². The number of anilines is 2. The molecule has 1 aromatic heterocycles. The van der Waals surface area contributed by atoms with Crippen LogP contribution in [0.3, 0.4) is 0 Å². The summed E-state index contributed by atoms with van der Waals surface area (Å²) in [5.41, 5.74) is 2.20. The van der Waals surface area contributed by atoms with E-state index in [4.69, 9.17) is 0 Å². The molecule has 1 aliphatic heterocycles. The second-order valence-corrected chi connectivity index (χ2v) is 8.39. The van der Waals surface area contributed by atoms with Gasteiger partial charge in [-0.3, -0.25) is 0 Å². The molecular weight excluding hydrogens is 392 g/mol. The Kier molecular flexibility index (Phi) is 5.51. The zero-order valence-corrected chi connectivity index (χ0v) is 17.1. The minimum atomic E-state index is -0.0479. The molecule has 2 heterocycles. The van der Waals surface area contributed by atoms with Crippen LogP contribution in [0.1, 0.15) is 26.3 Å². The molecule has 5 nitrogen and oxygen atoms in total. The van der Waals surface area contributed by atoms with Gasteiger partial charge in [0, 0.05) is 38.1 Å². The standard InChI is InChI=1S/C20H25BrN4O/c1-20(2,3)15-6-8-16(9-7-15)23-19(26)25-13-11-24(12-14-25)18-17(21)5-4-10-22-18/h4-10H,11-14H2,1-3H3,(H,23,26). The molecule has 1 N–H and O–H groups in total. The number of carbonyl (C=O) groups is 1. The number of nitrogens with one attached hydrogen (secondary N) is 1. The van der Waals surface area contributed by atoms with Gasteiger partial charge in [-0.05, 0) is 51.2 Å². The number of urea groups is 1. The summed E-state index contributed by atoms with van der Waals surface area (Å²) in [6.07, 6.45) is 1.79. The van der Waals surface area contributed by atoms with E-state index in [-0.39, 0.29) is 11.4 Å². The molecule has 0 saturated carbocycles. The summed E-state index contributed by atoms with van der Waals surface area (Å²) in [5, 5.41) is 3.00. The lowest BCUT2D eigenvalue weighted by Crippen LogP contribution is -2.50. The van der Waals surface area contributed by atoms with Gasteiger partial charge in [-0.1, -0.05) is 32.9 Å². The highest BCUT2D eigenvalue weighted by Crippen LogP contribution is 2.25. The molecule has 138 valence electrons. The first-order valence-electron chi connectivity index (χ1n) is 8.86. The SMILES string of the molecule is CC(C)(C)c1ccc(NC(=O)N2CCN(c3ncccc3Br)CC2)cc1. The second-order valence-electron chi connectivity index (χ2n) is 7.54. The highest BCUT2D eigenvalue weighted by atomic mass is 79.9. The van der Waals surface area contributed by atoms with Crippen molar-refractivity contribution in [3.8, 4) is 0 Å². The van der Waals surface area contributed by atoms with Crippen LogP contribution in [0.5, 0.6) is 0 Å². The van der Waals surface area contributed by atoms with E-state index in [1.807, 2.05) is 29.2 Å². The van der Waals surface area contributed by atoms with Gasteiger partial charge in [-0.2, -0.15) is 0 Å². The summed E-state index contributed by atoms with van der Waals surface area (Å²) in [6, 6.07) is 11.9. The summed E-state index contributed by atoms with van der Waals surface area (Å²) in [6.45, 7) is 9.43. The van der Waals surface area contributed by atoms with Gasteiger partial charge in [-0.25, -0.2) is 9.78 Å². The van der Waals surface area contributed by atoms with Gasteiger partial charge in [0.15, 0.2) is 0 Å². The lowest BCUT2D eigenvalue weighted by Gasteiger charge is -2.35. The number of hydrogen-bond acceptors (Lipinski definition) is 3. The third kappa shape index (κ3) is 4.36. The van der Waals surface area contributed by atoms with Crippen LogP contribution in [0.4, 0.5) is 16.3 Å². The monoisotopic (exact) mass is 416 g/mol. The maximum absolute atomic E-state index is 12.5. The van der Waals surface area contributed by atoms with Gasteiger partial charge in [0.25, 0.3) is 0 Å². The molecule has 0 unspecified atom stereocenters. The van der Waals surface area contributed by atoms with Crippen LogP contribution < -0.4 is 10.2 Å². The Balaban J connectivity index is 1.56. The van der Waals surface area contributed by atoms with Crippen molar-refractivity contribution in [2.45, 2.75) is 26.2 Å². The zero-order valence-electron chi connectivity index (χ0n) is 15.5. The van der Waals surface area contributed by atoms with Crippen molar-refractivity contribution >= 4 is 33.5 Å². The van der Waals surface area contributed by atoms with E-state index in [1.54, 1.807) is 6.20 Å². The third-order valence-corrected chi connectivity index (χ3v) is 5.23. The molecule has 0 aliphatic carbocycles. The molecule has 1 aliphatic rings. The number of carbonyl (C=O) groups excluding carboxylic acids is 1. The number of benzene rings is 1. The fourth-order valence-corrected chi connectivity index (χ4v) is 3.49. The fourth-order valence-electron chi connectivity index (χ4n) is 2.99. The summed E-state index contributed by atoms with van der Waals surface area (Å²) < 4.78 is 0.983. The summed E-state index contributed by atoms with van der Waals surface area (Å²) in [5.74, 6) is 0.935. The highest BCUT2D eigenvalue weighted by Gasteiger charge is 2.23. The Morgan fingerprint density at radius 3 is 2.31 bits per heavy atom. The van der Waals surface area contributed by atoms with Crippen LogP contribution in [0, 0.1) is 0 Å². The molecule has 0 bridgehead atoms. The molecule has 0 radical (unpaired) electrons. The number of amides is 2. The molecule has 1 fully saturated rings. The number of hydrogen-bond donors (Lipinski definition) is 1. The Morgan fingerprint density at radius 2 is 1.73 bits per heavy atom. The first kappa shape index (κ1) is 18.7. The molecule has 3 rings (SSSR count). The minimum absolute atomic E-state index is 0.0479. The van der Waals surface area contributed by atoms with Crippen LogP contribution in [-0.2, 0) is 5.41 Å². The van der Waals surface area contributed by atoms with Crippen molar-refractivity contribution in [1.29, 1.82) is 0 Å². The Labute approximate surface area is 163 Å². The topological polar surface area (TPSA) is 48.5 Å². The first-order chi connectivity index (χ1) is 12.3. The van der Waals surface area contributed by atoms with E-state index in [9.17, 15) is 4.79 Å². The lowest BCUT2D eigenvalue weighted by atomic mass is 9.87. The second kappa shape index (κ2) is 7.66. The normalized spacial score (nSPS) is 15.1. The first-order valence-corrected chi connectivity index (χ1v) is 9.66. The molecule has 6 heteroatoms. The van der Waals surface area contributed by atoms with Crippen LogP contribution in [0.15, 0.2) is 47.1 Å². The lowest BCUT2D eigenvalue weighted by molar-refractivity contribution is 0.208. The summed E-state index contributed by atoms with van der Waals surface area (Å²) in [7, 11) is 0. The molecular formula is C20H25BrN4O. The molecule has 2 amide bonds. The van der Waals surface area contributed by atoms with Crippen LogP contribution >= 0.6 is 15.9 Å². The average molecular weight is 417 g/mol. The van der Waals surface area contributed by atoms with Gasteiger partial charge in [0.1, 0.15) is 5.82 Å². The van der Waals surface area contributed by atoms with E-state index >= 15 is 0 Å². The van der Waals surface area contributed by atoms with Crippen molar-refractivity contribution < 1.29 is 4.79 Å². The quantitative estimate of drug-likeness (QED) is 0.783. The Hall–Kier alpha value is -2.08. The van der Waals surface area contributed by atoms with Crippen LogP contribution in [0.25, 0.3) is 0 Å². The van der Waals surface area contributed by atoms with Crippen molar-refractivity contribution in [1.82, 2.24) is 9.88 Å². The van der Waals surface area contributed by atoms with Gasteiger partial charge in [0.2, 0.25) is 0 Å². The zero-order chi connectivity index (χ0) is 18.7. The van der Waals surface area contributed by atoms with E-state index in [0.29, 0.717) is 13.1 Å². The molecule has 2 aromatic rings. The Morgan fingerprint density at radius 1 is 1.08 bits per heavy atom. The summed E-state index contributed by atoms with van der Waals surface area (Å²) in [4.78, 5) is 21.0. The van der Waals surface area contributed by atoms with Crippen molar-refractivity contribution in [2.24, 2.45) is 0 Å². The number of halogens is 1. The van der Waals surface area contributed by atoms with E-state index < -0.39 is 0 Å².